The Morgan fingerprint density at radius 2 is 2.21 bits per heavy atom. The van der Waals surface area contributed by atoms with Gasteiger partial charge in [0.15, 0.2) is 0 Å². The van der Waals surface area contributed by atoms with E-state index in [-0.39, 0.29) is 18.4 Å². The van der Waals surface area contributed by atoms with Crippen LogP contribution in [-0.2, 0) is 4.79 Å². The largest absolute Gasteiger partial charge is 0.395 e. The molecule has 1 aromatic heterocycles. The van der Waals surface area contributed by atoms with Crippen LogP contribution in [0.5, 0.6) is 0 Å². The van der Waals surface area contributed by atoms with E-state index in [4.69, 9.17) is 5.11 Å². The van der Waals surface area contributed by atoms with Crippen LogP contribution in [0.1, 0.15) is 35.9 Å². The van der Waals surface area contributed by atoms with Crippen LogP contribution >= 0.6 is 23.1 Å². The first-order chi connectivity index (χ1) is 11.6. The van der Waals surface area contributed by atoms with Gasteiger partial charge in [-0.1, -0.05) is 6.92 Å². The van der Waals surface area contributed by atoms with Gasteiger partial charge in [-0.15, -0.1) is 23.1 Å². The van der Waals surface area contributed by atoms with Crippen molar-refractivity contribution in [1.29, 1.82) is 0 Å². The third-order valence-corrected chi connectivity index (χ3v) is 7.09. The number of aliphatic hydroxyl groups excluding tert-OH is 1. The van der Waals surface area contributed by atoms with Crippen LogP contribution < -0.4 is 0 Å². The van der Waals surface area contributed by atoms with Crippen LogP contribution in [0.4, 0.5) is 0 Å². The van der Waals surface area contributed by atoms with E-state index in [9.17, 15) is 9.59 Å². The van der Waals surface area contributed by atoms with E-state index < -0.39 is 5.41 Å². The second-order valence-corrected chi connectivity index (χ2v) is 9.08. The van der Waals surface area contributed by atoms with E-state index in [0.29, 0.717) is 19.6 Å². The minimum absolute atomic E-state index is 0.00245. The van der Waals surface area contributed by atoms with Gasteiger partial charge in [0.1, 0.15) is 0 Å². The van der Waals surface area contributed by atoms with Crippen LogP contribution in [0.15, 0.2) is 16.3 Å². The van der Waals surface area contributed by atoms with Crippen molar-refractivity contribution >= 4 is 34.9 Å². The number of carbonyl (C=O) groups excluding carboxylic acids is 2. The zero-order valence-electron chi connectivity index (χ0n) is 14.0. The van der Waals surface area contributed by atoms with E-state index in [1.54, 1.807) is 28.0 Å². The quantitative estimate of drug-likeness (QED) is 0.810. The lowest BCUT2D eigenvalue weighted by Crippen LogP contribution is -2.51. The number of thioether (sulfide) groups is 1. The Morgan fingerprint density at radius 1 is 1.38 bits per heavy atom. The van der Waals surface area contributed by atoms with Gasteiger partial charge in [0.25, 0.3) is 5.91 Å². The van der Waals surface area contributed by atoms with Crippen molar-refractivity contribution in [3.63, 3.8) is 0 Å². The number of piperidine rings is 1. The number of hydrogen-bond acceptors (Lipinski definition) is 5. The van der Waals surface area contributed by atoms with Gasteiger partial charge < -0.3 is 14.9 Å². The predicted molar refractivity (Wildman–Crippen MR) is 96.6 cm³/mol. The van der Waals surface area contributed by atoms with Gasteiger partial charge in [-0.3, -0.25) is 9.59 Å². The fourth-order valence-corrected chi connectivity index (χ4v) is 5.73. The molecule has 0 radical (unpaired) electrons. The Hall–Kier alpha value is -1.05. The summed E-state index contributed by atoms with van der Waals surface area (Å²) in [6.07, 6.45) is 2.53. The molecular weight excluding hydrogens is 344 g/mol. The Kier molecular flexibility index (Phi) is 5.52. The predicted octanol–water partition coefficient (Wildman–Crippen LogP) is 2.31. The number of β-amino-alcohol motifs (C(OH)–C–C–N with tert-alkyl or cyclic N) is 1. The first-order valence-electron chi connectivity index (χ1n) is 8.52. The molecule has 132 valence electrons. The van der Waals surface area contributed by atoms with Gasteiger partial charge in [0.2, 0.25) is 5.91 Å². The molecule has 2 saturated heterocycles. The molecule has 1 spiro atoms. The molecule has 24 heavy (non-hydrogen) atoms. The van der Waals surface area contributed by atoms with E-state index in [2.05, 4.69) is 6.92 Å². The van der Waals surface area contributed by atoms with Crippen molar-refractivity contribution in [2.24, 2.45) is 5.41 Å². The lowest BCUT2D eigenvalue weighted by atomic mass is 9.78. The molecule has 1 aromatic rings. The molecule has 2 aliphatic heterocycles. The molecule has 0 saturated carbocycles. The number of amides is 2. The molecule has 0 unspecified atom stereocenters. The molecular formula is C17H24N2O3S2. The summed E-state index contributed by atoms with van der Waals surface area (Å²) in [5.41, 5.74) is -0.429. The molecule has 0 aliphatic carbocycles. The van der Waals surface area contributed by atoms with Crippen LogP contribution in [0.3, 0.4) is 0 Å². The Labute approximate surface area is 151 Å². The van der Waals surface area contributed by atoms with Crippen LogP contribution in [0, 0.1) is 5.41 Å². The number of carbonyl (C=O) groups is 2. The number of aliphatic hydroxyl groups is 1. The van der Waals surface area contributed by atoms with E-state index in [0.717, 1.165) is 40.6 Å². The van der Waals surface area contributed by atoms with Gasteiger partial charge in [-0.25, -0.2) is 0 Å². The maximum Gasteiger partial charge on any atom is 0.263 e. The fraction of sp³-hybridized carbons (Fsp3) is 0.647. The Balaban J connectivity index is 1.69. The van der Waals surface area contributed by atoms with Crippen molar-refractivity contribution in [3.05, 3.63) is 17.0 Å². The molecule has 1 atom stereocenters. The average Bonchev–Trinajstić information content (AvgIpc) is 3.20. The molecule has 3 rings (SSSR count). The topological polar surface area (TPSA) is 60.9 Å². The van der Waals surface area contributed by atoms with Gasteiger partial charge in [-0.05, 0) is 37.1 Å². The minimum atomic E-state index is -0.429. The normalized spacial score (nSPS) is 24.2. The fourth-order valence-electron chi connectivity index (χ4n) is 3.72. The Bertz CT molecular complexity index is 617. The molecule has 2 amide bonds. The maximum absolute atomic E-state index is 12.8. The first-order valence-corrected chi connectivity index (χ1v) is 10.3. The first kappa shape index (κ1) is 17.8. The number of rotatable bonds is 5. The monoisotopic (exact) mass is 368 g/mol. The van der Waals surface area contributed by atoms with E-state index >= 15 is 0 Å². The summed E-state index contributed by atoms with van der Waals surface area (Å²) >= 11 is 3.29. The Morgan fingerprint density at radius 3 is 2.96 bits per heavy atom. The third-order valence-electron chi connectivity index (χ3n) is 4.91. The standard InChI is InChI=1S/C17H24N2O3S2/c1-2-23-14-5-4-13(24-14)15(21)19-9-7-17(12-19)6-3-8-18(10-11-20)16(17)22/h4-5,20H,2-3,6-12H2,1H3/t17-/m1/s1. The van der Waals surface area contributed by atoms with E-state index in [1.165, 1.54) is 0 Å². The molecule has 2 fully saturated rings. The van der Waals surface area contributed by atoms with Crippen molar-refractivity contribution in [2.75, 3.05) is 38.5 Å². The number of thiophene rings is 1. The van der Waals surface area contributed by atoms with Gasteiger partial charge in [0, 0.05) is 26.2 Å². The summed E-state index contributed by atoms with van der Waals surface area (Å²) < 4.78 is 1.16. The second kappa shape index (κ2) is 7.45. The molecule has 3 heterocycles. The summed E-state index contributed by atoms with van der Waals surface area (Å²) in [5.74, 6) is 1.16. The van der Waals surface area contributed by atoms with Crippen LogP contribution in [0.2, 0.25) is 0 Å². The lowest BCUT2D eigenvalue weighted by molar-refractivity contribution is -0.146. The third kappa shape index (κ3) is 3.34. The zero-order chi connectivity index (χ0) is 17.2. The summed E-state index contributed by atoms with van der Waals surface area (Å²) in [6.45, 7) is 4.38. The molecule has 1 N–H and O–H groups in total. The van der Waals surface area contributed by atoms with Crippen LogP contribution in [0.25, 0.3) is 0 Å². The zero-order valence-corrected chi connectivity index (χ0v) is 15.6. The molecule has 7 heteroatoms. The average molecular weight is 369 g/mol. The van der Waals surface area contributed by atoms with Crippen LogP contribution in [-0.4, -0.2) is 65.3 Å². The molecule has 0 aromatic carbocycles. The minimum Gasteiger partial charge on any atom is -0.395 e. The number of nitrogens with zero attached hydrogens (tertiary/aromatic N) is 2. The summed E-state index contributed by atoms with van der Waals surface area (Å²) in [4.78, 5) is 29.9. The van der Waals surface area contributed by atoms with Gasteiger partial charge in [-0.2, -0.15) is 0 Å². The number of hydrogen-bond donors (Lipinski definition) is 1. The summed E-state index contributed by atoms with van der Waals surface area (Å²) in [7, 11) is 0. The van der Waals surface area contributed by atoms with E-state index in [1.807, 2.05) is 17.0 Å². The summed E-state index contributed by atoms with van der Waals surface area (Å²) in [6, 6.07) is 3.91. The highest BCUT2D eigenvalue weighted by molar-refractivity contribution is 8.01. The molecule has 2 aliphatic rings. The highest BCUT2D eigenvalue weighted by Gasteiger charge is 2.49. The smallest absolute Gasteiger partial charge is 0.263 e. The van der Waals surface area contributed by atoms with Crippen molar-refractivity contribution in [1.82, 2.24) is 9.80 Å². The SMILES string of the molecule is CCSc1ccc(C(=O)N2CC[C@]3(CCCN(CCO)C3=O)C2)s1. The highest BCUT2D eigenvalue weighted by atomic mass is 32.2. The van der Waals surface area contributed by atoms with Gasteiger partial charge in [0.05, 0.1) is 21.1 Å². The highest BCUT2D eigenvalue weighted by Crippen LogP contribution is 2.41. The summed E-state index contributed by atoms with van der Waals surface area (Å²) in [5, 5.41) is 9.14. The van der Waals surface area contributed by atoms with Crippen molar-refractivity contribution in [3.8, 4) is 0 Å². The molecule has 5 nitrogen and oxygen atoms in total. The number of likely N-dealkylation sites (tertiary alicyclic amines) is 2. The van der Waals surface area contributed by atoms with Gasteiger partial charge >= 0.3 is 0 Å². The maximum atomic E-state index is 12.8. The molecule has 0 bridgehead atoms. The lowest BCUT2D eigenvalue weighted by Gasteiger charge is -2.39. The van der Waals surface area contributed by atoms with Crippen molar-refractivity contribution in [2.45, 2.75) is 30.4 Å². The van der Waals surface area contributed by atoms with Crippen molar-refractivity contribution < 1.29 is 14.7 Å². The second-order valence-electron chi connectivity index (χ2n) is 6.43.